The lowest BCUT2D eigenvalue weighted by atomic mass is 9.97. The van der Waals surface area contributed by atoms with Crippen molar-refractivity contribution >= 4 is 11.9 Å². The number of carboxylic acids is 1. The molecule has 6 nitrogen and oxygen atoms in total. The molecular formula is C16H23NO5. The first-order valence-electron chi connectivity index (χ1n) is 7.13. The maximum absolute atomic E-state index is 12.0. The van der Waals surface area contributed by atoms with E-state index in [9.17, 15) is 9.59 Å². The number of hydrogen-bond acceptors (Lipinski definition) is 4. The van der Waals surface area contributed by atoms with Crippen molar-refractivity contribution in [2.45, 2.75) is 31.7 Å². The molecule has 1 aromatic rings. The number of hydrogen-bond donors (Lipinski definition) is 2. The van der Waals surface area contributed by atoms with Crippen LogP contribution in [0.2, 0.25) is 0 Å². The molecule has 122 valence electrons. The number of ether oxygens (including phenoxy) is 2. The van der Waals surface area contributed by atoms with Crippen LogP contribution in [0.1, 0.15) is 31.2 Å². The van der Waals surface area contributed by atoms with Crippen molar-refractivity contribution < 1.29 is 24.2 Å². The number of carboxylic acid groups (broad SMARTS) is 1. The lowest BCUT2D eigenvalue weighted by Crippen LogP contribution is -2.41. The Balaban J connectivity index is 2.56. The number of carbonyl (C=O) groups is 2. The second-order valence-corrected chi connectivity index (χ2v) is 5.12. The molecule has 0 saturated heterocycles. The fraction of sp³-hybridized carbons (Fsp3) is 0.500. The zero-order chi connectivity index (χ0) is 16.5. The molecule has 1 aromatic carbocycles. The maximum atomic E-state index is 12.0. The van der Waals surface area contributed by atoms with Gasteiger partial charge in [0.15, 0.2) is 0 Å². The van der Waals surface area contributed by atoms with E-state index < -0.39 is 12.0 Å². The predicted octanol–water partition coefficient (Wildman–Crippen LogP) is 1.79. The zero-order valence-corrected chi connectivity index (χ0v) is 13.2. The molecule has 0 aliphatic carbocycles. The van der Waals surface area contributed by atoms with E-state index >= 15 is 0 Å². The smallest absolute Gasteiger partial charge is 0.326 e. The van der Waals surface area contributed by atoms with Gasteiger partial charge in [0, 0.05) is 26.6 Å². The molecule has 0 fully saturated rings. The normalized spacial score (nSPS) is 13.2. The third kappa shape index (κ3) is 5.73. The van der Waals surface area contributed by atoms with Gasteiger partial charge in [-0.25, -0.2) is 4.79 Å². The van der Waals surface area contributed by atoms with E-state index in [0.29, 0.717) is 0 Å². The van der Waals surface area contributed by atoms with E-state index in [2.05, 4.69) is 5.32 Å². The highest BCUT2D eigenvalue weighted by Gasteiger charge is 2.21. The fourth-order valence-corrected chi connectivity index (χ4v) is 2.07. The third-order valence-corrected chi connectivity index (χ3v) is 3.42. The second-order valence-electron chi connectivity index (χ2n) is 5.12. The lowest BCUT2D eigenvalue weighted by Gasteiger charge is -2.16. The molecular weight excluding hydrogens is 286 g/mol. The summed E-state index contributed by atoms with van der Waals surface area (Å²) in [6.45, 7) is 2.21. The molecule has 0 spiro atoms. The molecule has 2 unspecified atom stereocenters. The van der Waals surface area contributed by atoms with E-state index in [1.807, 2.05) is 31.2 Å². The number of rotatable bonds is 9. The summed E-state index contributed by atoms with van der Waals surface area (Å²) < 4.78 is 9.94. The minimum absolute atomic E-state index is 0.0113. The highest BCUT2D eigenvalue weighted by molar-refractivity contribution is 5.83. The molecule has 2 N–H and O–H groups in total. The lowest BCUT2D eigenvalue weighted by molar-refractivity contribution is -0.142. The van der Waals surface area contributed by atoms with Crippen molar-refractivity contribution in [1.82, 2.24) is 5.32 Å². The number of nitrogens with one attached hydrogen (secondary N) is 1. The van der Waals surface area contributed by atoms with E-state index in [1.54, 1.807) is 7.11 Å². The molecule has 1 rings (SSSR count). The summed E-state index contributed by atoms with van der Waals surface area (Å²) in [5.74, 6) is -0.594. The predicted molar refractivity (Wildman–Crippen MR) is 82.1 cm³/mol. The van der Waals surface area contributed by atoms with Gasteiger partial charge < -0.3 is 19.9 Å². The molecule has 6 heteroatoms. The average Bonchev–Trinajstić information content (AvgIpc) is 2.51. The van der Waals surface area contributed by atoms with Crippen molar-refractivity contribution in [2.75, 3.05) is 20.8 Å². The summed E-state index contributed by atoms with van der Waals surface area (Å²) in [5.41, 5.74) is 1.000. The topological polar surface area (TPSA) is 84.9 Å². The zero-order valence-electron chi connectivity index (χ0n) is 13.2. The highest BCUT2D eigenvalue weighted by atomic mass is 16.5. The van der Waals surface area contributed by atoms with Crippen molar-refractivity contribution in [1.29, 1.82) is 0 Å². The summed E-state index contributed by atoms with van der Waals surface area (Å²) in [6.07, 6.45) is 0.470. The SMILES string of the molecule is COCCC(NC(=O)CC(C)c1ccc(OC)cc1)C(=O)O. The van der Waals surface area contributed by atoms with Gasteiger partial charge in [0.05, 0.1) is 7.11 Å². The van der Waals surface area contributed by atoms with E-state index in [0.717, 1.165) is 11.3 Å². The quantitative estimate of drug-likeness (QED) is 0.726. The summed E-state index contributed by atoms with van der Waals surface area (Å²) in [7, 11) is 3.09. The Kier molecular flexibility index (Phi) is 7.39. The summed E-state index contributed by atoms with van der Waals surface area (Å²) in [4.78, 5) is 23.1. The van der Waals surface area contributed by atoms with Crippen molar-refractivity contribution in [3.8, 4) is 5.75 Å². The number of benzene rings is 1. The largest absolute Gasteiger partial charge is 0.497 e. The average molecular weight is 309 g/mol. The Labute approximate surface area is 130 Å². The van der Waals surface area contributed by atoms with E-state index in [4.69, 9.17) is 14.6 Å². The molecule has 0 saturated carbocycles. The van der Waals surface area contributed by atoms with Gasteiger partial charge in [0.2, 0.25) is 5.91 Å². The van der Waals surface area contributed by atoms with Crippen molar-refractivity contribution in [3.63, 3.8) is 0 Å². The fourth-order valence-electron chi connectivity index (χ4n) is 2.07. The second kappa shape index (κ2) is 9.04. The van der Waals surface area contributed by atoms with Crippen LogP contribution in [0.15, 0.2) is 24.3 Å². The van der Waals surface area contributed by atoms with Crippen LogP contribution >= 0.6 is 0 Å². The first kappa shape index (κ1) is 18.0. The first-order valence-corrected chi connectivity index (χ1v) is 7.13. The molecule has 22 heavy (non-hydrogen) atoms. The van der Waals surface area contributed by atoms with Crippen LogP contribution < -0.4 is 10.1 Å². The summed E-state index contributed by atoms with van der Waals surface area (Å²) in [6, 6.07) is 6.55. The maximum Gasteiger partial charge on any atom is 0.326 e. The van der Waals surface area contributed by atoms with Gasteiger partial charge >= 0.3 is 5.97 Å². The Bertz CT molecular complexity index is 486. The molecule has 0 heterocycles. The van der Waals surface area contributed by atoms with Gasteiger partial charge in [0.25, 0.3) is 0 Å². The molecule has 1 amide bonds. The third-order valence-electron chi connectivity index (χ3n) is 3.42. The van der Waals surface area contributed by atoms with Gasteiger partial charge in [-0.1, -0.05) is 19.1 Å². The van der Waals surface area contributed by atoms with Crippen LogP contribution in [0.3, 0.4) is 0 Å². The minimum Gasteiger partial charge on any atom is -0.497 e. The Morgan fingerprint density at radius 1 is 1.23 bits per heavy atom. The molecule has 0 aliphatic heterocycles. The molecule has 2 atom stereocenters. The molecule has 0 aliphatic rings. The van der Waals surface area contributed by atoms with Gasteiger partial charge in [-0.05, 0) is 23.6 Å². The van der Waals surface area contributed by atoms with Gasteiger partial charge in [-0.2, -0.15) is 0 Å². The Morgan fingerprint density at radius 3 is 2.36 bits per heavy atom. The van der Waals surface area contributed by atoms with Crippen LogP contribution in [0.5, 0.6) is 5.75 Å². The van der Waals surface area contributed by atoms with Crippen LogP contribution in [-0.2, 0) is 14.3 Å². The first-order chi connectivity index (χ1) is 10.5. The van der Waals surface area contributed by atoms with E-state index in [-0.39, 0.29) is 31.3 Å². The number of amides is 1. The van der Waals surface area contributed by atoms with Crippen LogP contribution in [0.4, 0.5) is 0 Å². The summed E-state index contributed by atoms with van der Waals surface area (Å²) in [5, 5.41) is 11.6. The molecule has 0 aromatic heterocycles. The molecule has 0 radical (unpaired) electrons. The van der Waals surface area contributed by atoms with E-state index in [1.165, 1.54) is 7.11 Å². The van der Waals surface area contributed by atoms with Gasteiger partial charge in [0.1, 0.15) is 11.8 Å². The standard InChI is InChI=1S/C16H23NO5/c1-11(12-4-6-13(22-3)7-5-12)10-15(18)17-14(16(19)20)8-9-21-2/h4-7,11,14H,8-10H2,1-3H3,(H,17,18)(H,19,20). The number of carbonyl (C=O) groups excluding carboxylic acids is 1. The summed E-state index contributed by atoms with van der Waals surface area (Å²) >= 11 is 0. The van der Waals surface area contributed by atoms with Crippen LogP contribution in [0, 0.1) is 0 Å². The number of aliphatic carboxylic acids is 1. The van der Waals surface area contributed by atoms with Crippen molar-refractivity contribution in [2.24, 2.45) is 0 Å². The number of methoxy groups -OCH3 is 2. The van der Waals surface area contributed by atoms with Gasteiger partial charge in [-0.3, -0.25) is 4.79 Å². The Hall–Kier alpha value is -2.08. The highest BCUT2D eigenvalue weighted by Crippen LogP contribution is 2.21. The minimum atomic E-state index is -1.05. The van der Waals surface area contributed by atoms with Gasteiger partial charge in [-0.15, -0.1) is 0 Å². The Morgan fingerprint density at radius 2 is 1.86 bits per heavy atom. The van der Waals surface area contributed by atoms with Crippen molar-refractivity contribution in [3.05, 3.63) is 29.8 Å². The monoisotopic (exact) mass is 309 g/mol. The van der Waals surface area contributed by atoms with Crippen LogP contribution in [-0.4, -0.2) is 43.9 Å². The van der Waals surface area contributed by atoms with Crippen LogP contribution in [0.25, 0.3) is 0 Å². The molecule has 0 bridgehead atoms.